The summed E-state index contributed by atoms with van der Waals surface area (Å²) >= 11 is 1.44. The fraction of sp³-hybridized carbons (Fsp3) is 0.467. The molecule has 0 aromatic carbocycles. The minimum atomic E-state index is 0.467. The highest BCUT2D eigenvalue weighted by Crippen LogP contribution is 2.52. The molecule has 1 fully saturated rings. The van der Waals surface area contributed by atoms with E-state index >= 15 is 0 Å². The zero-order chi connectivity index (χ0) is 14.2. The van der Waals surface area contributed by atoms with E-state index < -0.39 is 0 Å². The van der Waals surface area contributed by atoms with Crippen molar-refractivity contribution in [2.75, 3.05) is 17.6 Å². The average molecular weight is 288 g/mol. The van der Waals surface area contributed by atoms with Crippen LogP contribution in [0.3, 0.4) is 0 Å². The number of nitrogens with two attached hydrogens (primary N) is 1. The molecule has 1 aliphatic rings. The van der Waals surface area contributed by atoms with Crippen molar-refractivity contribution in [2.24, 2.45) is 11.3 Å². The van der Waals surface area contributed by atoms with Crippen molar-refractivity contribution < 1.29 is 0 Å². The summed E-state index contributed by atoms with van der Waals surface area (Å²) < 4.78 is 4.30. The molecule has 0 saturated heterocycles. The summed E-state index contributed by atoms with van der Waals surface area (Å²) in [6.45, 7) is 5.61. The summed E-state index contributed by atoms with van der Waals surface area (Å²) in [6, 6.07) is 3.95. The molecule has 0 atom stereocenters. The fourth-order valence-electron chi connectivity index (χ4n) is 2.60. The second-order valence-corrected chi connectivity index (χ2v) is 6.65. The van der Waals surface area contributed by atoms with Crippen LogP contribution in [0.2, 0.25) is 0 Å². The van der Waals surface area contributed by atoms with Crippen LogP contribution in [0.15, 0.2) is 24.5 Å². The maximum Gasteiger partial charge on any atom is 0.147 e. The van der Waals surface area contributed by atoms with Crippen LogP contribution in [0.25, 0.3) is 11.1 Å². The molecular weight excluding hydrogens is 268 g/mol. The van der Waals surface area contributed by atoms with Crippen LogP contribution < -0.4 is 11.1 Å². The Labute approximate surface area is 123 Å². The van der Waals surface area contributed by atoms with Crippen LogP contribution in [0.4, 0.5) is 10.8 Å². The van der Waals surface area contributed by atoms with Gasteiger partial charge in [0.1, 0.15) is 10.8 Å². The molecule has 2 aromatic rings. The van der Waals surface area contributed by atoms with Crippen LogP contribution >= 0.6 is 11.5 Å². The van der Waals surface area contributed by atoms with Crippen molar-refractivity contribution in [1.82, 2.24) is 9.36 Å². The number of pyridine rings is 1. The van der Waals surface area contributed by atoms with Gasteiger partial charge in [0, 0.05) is 18.9 Å². The lowest BCUT2D eigenvalue weighted by Gasteiger charge is -2.20. The Morgan fingerprint density at radius 3 is 2.65 bits per heavy atom. The van der Waals surface area contributed by atoms with E-state index in [1.165, 1.54) is 24.4 Å². The standard InChI is InChI=1S/C15H20N4S/c1-10(2)15(5-6-15)9-18-14-12(13(16)19-20-14)11-3-7-17-8-4-11/h3-4,7-8,10,18H,5-6,9H2,1-2H3,(H2,16,19). The van der Waals surface area contributed by atoms with Gasteiger partial charge in [0.2, 0.25) is 0 Å². The molecule has 5 heteroatoms. The van der Waals surface area contributed by atoms with Gasteiger partial charge in [-0.3, -0.25) is 4.98 Å². The first-order chi connectivity index (χ1) is 9.62. The van der Waals surface area contributed by atoms with Gasteiger partial charge in [-0.25, -0.2) is 0 Å². The SMILES string of the molecule is CC(C)C1(CNc2snc(N)c2-c2ccncc2)CC1. The van der Waals surface area contributed by atoms with E-state index in [2.05, 4.69) is 28.5 Å². The molecule has 0 aliphatic heterocycles. The van der Waals surface area contributed by atoms with Crippen LogP contribution in [-0.2, 0) is 0 Å². The van der Waals surface area contributed by atoms with E-state index in [1.807, 2.05) is 12.1 Å². The molecule has 1 saturated carbocycles. The molecule has 0 radical (unpaired) electrons. The highest BCUT2D eigenvalue weighted by Gasteiger charge is 2.45. The van der Waals surface area contributed by atoms with Gasteiger partial charge in [0.05, 0.1) is 5.56 Å². The minimum Gasteiger partial charge on any atom is -0.382 e. The third-order valence-electron chi connectivity index (χ3n) is 4.41. The molecule has 2 heterocycles. The van der Waals surface area contributed by atoms with Crippen LogP contribution in [0.5, 0.6) is 0 Å². The van der Waals surface area contributed by atoms with E-state index in [0.717, 1.165) is 22.7 Å². The van der Waals surface area contributed by atoms with E-state index in [0.29, 0.717) is 17.2 Å². The van der Waals surface area contributed by atoms with Crippen molar-refractivity contribution in [2.45, 2.75) is 26.7 Å². The summed E-state index contributed by atoms with van der Waals surface area (Å²) in [6.07, 6.45) is 6.20. The number of aromatic nitrogens is 2. The van der Waals surface area contributed by atoms with Gasteiger partial charge in [-0.05, 0) is 53.4 Å². The molecule has 2 aromatic heterocycles. The monoisotopic (exact) mass is 288 g/mol. The lowest BCUT2D eigenvalue weighted by molar-refractivity contribution is 0.380. The predicted octanol–water partition coefficient (Wildman–Crippen LogP) is 3.64. The van der Waals surface area contributed by atoms with Crippen LogP contribution in [0.1, 0.15) is 26.7 Å². The Hall–Kier alpha value is -1.62. The second kappa shape index (κ2) is 5.05. The van der Waals surface area contributed by atoms with Gasteiger partial charge in [-0.15, -0.1) is 0 Å². The predicted molar refractivity (Wildman–Crippen MR) is 84.8 cm³/mol. The van der Waals surface area contributed by atoms with Gasteiger partial charge < -0.3 is 11.1 Å². The molecule has 0 spiro atoms. The topological polar surface area (TPSA) is 63.8 Å². The van der Waals surface area contributed by atoms with Crippen molar-refractivity contribution in [3.05, 3.63) is 24.5 Å². The summed E-state index contributed by atoms with van der Waals surface area (Å²) in [5.74, 6) is 1.31. The Kier molecular flexibility index (Phi) is 3.38. The number of rotatable bonds is 5. The zero-order valence-corrected chi connectivity index (χ0v) is 12.7. The largest absolute Gasteiger partial charge is 0.382 e. The minimum absolute atomic E-state index is 0.467. The first-order valence-corrected chi connectivity index (χ1v) is 7.79. The molecule has 106 valence electrons. The van der Waals surface area contributed by atoms with Crippen molar-refractivity contribution in [3.8, 4) is 11.1 Å². The number of nitrogens with zero attached hydrogens (tertiary/aromatic N) is 2. The highest BCUT2D eigenvalue weighted by atomic mass is 32.1. The quantitative estimate of drug-likeness (QED) is 0.881. The Morgan fingerprint density at radius 1 is 1.35 bits per heavy atom. The summed E-state index contributed by atoms with van der Waals surface area (Å²) in [4.78, 5) is 4.05. The number of nitrogen functional groups attached to an aromatic ring is 1. The zero-order valence-electron chi connectivity index (χ0n) is 11.9. The Balaban J connectivity index is 1.82. The smallest absolute Gasteiger partial charge is 0.147 e. The summed E-state index contributed by atoms with van der Waals surface area (Å²) in [5.41, 5.74) is 8.58. The molecule has 0 bridgehead atoms. The van der Waals surface area contributed by atoms with Crippen molar-refractivity contribution in [1.29, 1.82) is 0 Å². The summed E-state index contributed by atoms with van der Waals surface area (Å²) in [5, 5.41) is 4.64. The van der Waals surface area contributed by atoms with Gasteiger partial charge in [0.15, 0.2) is 0 Å². The Bertz CT molecular complexity index is 587. The second-order valence-electron chi connectivity index (χ2n) is 5.88. The first-order valence-electron chi connectivity index (χ1n) is 7.02. The van der Waals surface area contributed by atoms with E-state index in [-0.39, 0.29) is 0 Å². The van der Waals surface area contributed by atoms with Crippen molar-refractivity contribution >= 4 is 22.4 Å². The number of hydrogen-bond acceptors (Lipinski definition) is 5. The van der Waals surface area contributed by atoms with Gasteiger partial charge in [-0.2, -0.15) is 4.37 Å². The number of hydrogen-bond donors (Lipinski definition) is 2. The normalized spacial score (nSPS) is 16.4. The molecular formula is C15H20N4S. The molecule has 3 N–H and O–H groups in total. The maximum absolute atomic E-state index is 6.03. The van der Waals surface area contributed by atoms with Crippen LogP contribution in [-0.4, -0.2) is 15.9 Å². The first kappa shape index (κ1) is 13.4. The average Bonchev–Trinajstić information content (AvgIpc) is 3.16. The maximum atomic E-state index is 6.03. The molecule has 0 unspecified atom stereocenters. The third-order valence-corrected chi connectivity index (χ3v) is 5.22. The molecule has 0 amide bonds. The van der Waals surface area contributed by atoms with Gasteiger partial charge in [-0.1, -0.05) is 13.8 Å². The molecule has 1 aliphatic carbocycles. The van der Waals surface area contributed by atoms with Crippen molar-refractivity contribution in [3.63, 3.8) is 0 Å². The highest BCUT2D eigenvalue weighted by molar-refractivity contribution is 7.11. The van der Waals surface area contributed by atoms with Gasteiger partial charge >= 0.3 is 0 Å². The van der Waals surface area contributed by atoms with E-state index in [9.17, 15) is 0 Å². The van der Waals surface area contributed by atoms with Crippen LogP contribution in [0, 0.1) is 11.3 Å². The third kappa shape index (κ3) is 2.38. The van der Waals surface area contributed by atoms with Gasteiger partial charge in [0.25, 0.3) is 0 Å². The summed E-state index contributed by atoms with van der Waals surface area (Å²) in [7, 11) is 0. The van der Waals surface area contributed by atoms with E-state index in [1.54, 1.807) is 12.4 Å². The Morgan fingerprint density at radius 2 is 2.05 bits per heavy atom. The number of nitrogens with one attached hydrogen (secondary N) is 1. The lowest BCUT2D eigenvalue weighted by Crippen LogP contribution is -2.20. The fourth-order valence-corrected chi connectivity index (χ4v) is 3.33. The lowest BCUT2D eigenvalue weighted by atomic mass is 9.92. The van der Waals surface area contributed by atoms with E-state index in [4.69, 9.17) is 5.73 Å². The molecule has 3 rings (SSSR count). The number of anilines is 2. The molecule has 20 heavy (non-hydrogen) atoms. The molecule has 4 nitrogen and oxygen atoms in total.